The third kappa shape index (κ3) is 2.23. The van der Waals surface area contributed by atoms with Gasteiger partial charge in [-0.1, -0.05) is 15.9 Å². The molecule has 1 aromatic carbocycles. The molecule has 0 aromatic heterocycles. The van der Waals surface area contributed by atoms with Gasteiger partial charge in [0.05, 0.1) is 12.4 Å². The van der Waals surface area contributed by atoms with Crippen molar-refractivity contribution in [1.29, 1.82) is 0 Å². The van der Waals surface area contributed by atoms with Crippen LogP contribution in [-0.2, 0) is 0 Å². The number of benzene rings is 1. The van der Waals surface area contributed by atoms with Gasteiger partial charge in [0, 0.05) is 5.56 Å². The lowest BCUT2D eigenvalue weighted by molar-refractivity contribution is 0.102. The molecule has 0 saturated heterocycles. The summed E-state index contributed by atoms with van der Waals surface area (Å²) in [7, 11) is 1.67. The summed E-state index contributed by atoms with van der Waals surface area (Å²) >= 11 is 3.18. The Morgan fingerprint density at radius 2 is 2.27 bits per heavy atom. The van der Waals surface area contributed by atoms with Crippen LogP contribution in [0.4, 0.5) is 0 Å². The Bertz CT molecular complexity index is 383. The molecule has 0 aliphatic heterocycles. The fourth-order valence-corrected chi connectivity index (χ4v) is 2.02. The summed E-state index contributed by atoms with van der Waals surface area (Å²) < 4.78 is 5.29. The largest absolute Gasteiger partial charge is 0.496 e. The molecular formula is C12H13BrO2. The van der Waals surface area contributed by atoms with E-state index in [1.54, 1.807) is 7.11 Å². The Morgan fingerprint density at radius 1 is 1.53 bits per heavy atom. The standard InChI is InChI=1S/C12H13BrO2/c1-15-12-5-4-9(11(14)7-13)6-10(12)8-2-3-8/h4-6,8H,2-3,7H2,1H3. The number of carbonyl (C=O) groups excluding carboxylic acids is 1. The summed E-state index contributed by atoms with van der Waals surface area (Å²) in [5.74, 6) is 1.63. The van der Waals surface area contributed by atoms with Crippen molar-refractivity contribution in [3.05, 3.63) is 29.3 Å². The molecule has 0 radical (unpaired) electrons. The minimum Gasteiger partial charge on any atom is -0.496 e. The number of methoxy groups -OCH3 is 1. The van der Waals surface area contributed by atoms with Crippen LogP contribution in [0.2, 0.25) is 0 Å². The van der Waals surface area contributed by atoms with Gasteiger partial charge in [0.1, 0.15) is 5.75 Å². The number of alkyl halides is 1. The van der Waals surface area contributed by atoms with E-state index in [0.717, 1.165) is 11.3 Å². The van der Waals surface area contributed by atoms with Crippen molar-refractivity contribution in [2.75, 3.05) is 12.4 Å². The average Bonchev–Trinajstić information content (AvgIpc) is 3.11. The maximum atomic E-state index is 11.5. The van der Waals surface area contributed by atoms with E-state index in [1.165, 1.54) is 18.4 Å². The van der Waals surface area contributed by atoms with Crippen molar-refractivity contribution in [3.8, 4) is 5.75 Å². The normalized spacial score (nSPS) is 15.1. The first kappa shape index (κ1) is 10.7. The minimum atomic E-state index is 0.125. The maximum Gasteiger partial charge on any atom is 0.173 e. The second-order valence-electron chi connectivity index (χ2n) is 3.79. The van der Waals surface area contributed by atoms with Gasteiger partial charge in [-0.3, -0.25) is 4.79 Å². The van der Waals surface area contributed by atoms with E-state index in [-0.39, 0.29) is 5.78 Å². The molecule has 1 aliphatic rings. The van der Waals surface area contributed by atoms with E-state index in [0.29, 0.717) is 11.2 Å². The summed E-state index contributed by atoms with van der Waals surface area (Å²) in [4.78, 5) is 11.5. The molecule has 1 aliphatic carbocycles. The van der Waals surface area contributed by atoms with Crippen molar-refractivity contribution >= 4 is 21.7 Å². The molecule has 2 rings (SSSR count). The van der Waals surface area contributed by atoms with Gasteiger partial charge < -0.3 is 4.74 Å². The smallest absolute Gasteiger partial charge is 0.173 e. The quantitative estimate of drug-likeness (QED) is 0.620. The molecule has 0 heterocycles. The number of ether oxygens (including phenoxy) is 1. The topological polar surface area (TPSA) is 26.3 Å². The molecule has 1 fully saturated rings. The van der Waals surface area contributed by atoms with Crippen LogP contribution in [0.1, 0.15) is 34.7 Å². The Morgan fingerprint density at radius 3 is 2.80 bits per heavy atom. The van der Waals surface area contributed by atoms with Crippen molar-refractivity contribution in [2.45, 2.75) is 18.8 Å². The Labute approximate surface area is 97.8 Å². The third-order valence-electron chi connectivity index (χ3n) is 2.69. The predicted molar refractivity (Wildman–Crippen MR) is 63.1 cm³/mol. The highest BCUT2D eigenvalue weighted by Gasteiger charge is 2.27. The molecule has 3 heteroatoms. The van der Waals surface area contributed by atoms with Gasteiger partial charge in [0.15, 0.2) is 5.78 Å². The van der Waals surface area contributed by atoms with Crippen LogP contribution in [0.15, 0.2) is 18.2 Å². The monoisotopic (exact) mass is 268 g/mol. The summed E-state index contributed by atoms with van der Waals surface area (Å²) in [6.45, 7) is 0. The number of hydrogen-bond donors (Lipinski definition) is 0. The summed E-state index contributed by atoms with van der Waals surface area (Å²) in [6, 6.07) is 5.69. The van der Waals surface area contributed by atoms with Gasteiger partial charge >= 0.3 is 0 Å². The highest BCUT2D eigenvalue weighted by Crippen LogP contribution is 2.44. The Hall–Kier alpha value is -0.830. The number of carbonyl (C=O) groups is 1. The maximum absolute atomic E-state index is 11.5. The Balaban J connectivity index is 2.36. The Kier molecular flexibility index (Phi) is 3.10. The second kappa shape index (κ2) is 4.35. The van der Waals surface area contributed by atoms with E-state index < -0.39 is 0 Å². The van der Waals surface area contributed by atoms with Crippen LogP contribution >= 0.6 is 15.9 Å². The molecule has 0 bridgehead atoms. The average molecular weight is 269 g/mol. The van der Waals surface area contributed by atoms with E-state index >= 15 is 0 Å². The third-order valence-corrected chi connectivity index (χ3v) is 3.20. The van der Waals surface area contributed by atoms with Gasteiger partial charge in [-0.2, -0.15) is 0 Å². The molecule has 2 nitrogen and oxygen atoms in total. The van der Waals surface area contributed by atoms with Crippen LogP contribution in [0.3, 0.4) is 0 Å². The van der Waals surface area contributed by atoms with Crippen LogP contribution in [0.25, 0.3) is 0 Å². The van der Waals surface area contributed by atoms with Crippen LogP contribution in [0.5, 0.6) is 5.75 Å². The molecule has 15 heavy (non-hydrogen) atoms. The van der Waals surface area contributed by atoms with Crippen molar-refractivity contribution < 1.29 is 9.53 Å². The number of Topliss-reactive ketones (excluding diaryl/α,β-unsaturated/α-hetero) is 1. The van der Waals surface area contributed by atoms with Gasteiger partial charge in [-0.05, 0) is 42.5 Å². The van der Waals surface area contributed by atoms with E-state index in [2.05, 4.69) is 15.9 Å². The lowest BCUT2D eigenvalue weighted by Crippen LogP contribution is -2.01. The number of ketones is 1. The van der Waals surface area contributed by atoms with Gasteiger partial charge in [-0.25, -0.2) is 0 Å². The SMILES string of the molecule is COc1ccc(C(=O)CBr)cc1C1CC1. The second-order valence-corrected chi connectivity index (χ2v) is 4.35. The van der Waals surface area contributed by atoms with E-state index in [1.807, 2.05) is 18.2 Å². The first-order valence-corrected chi connectivity index (χ1v) is 6.15. The van der Waals surface area contributed by atoms with E-state index in [4.69, 9.17) is 4.74 Å². The molecule has 0 amide bonds. The van der Waals surface area contributed by atoms with Crippen LogP contribution in [-0.4, -0.2) is 18.2 Å². The number of halogens is 1. The van der Waals surface area contributed by atoms with Gasteiger partial charge in [0.2, 0.25) is 0 Å². The lowest BCUT2D eigenvalue weighted by atomic mass is 10.0. The number of hydrogen-bond acceptors (Lipinski definition) is 2. The molecule has 0 atom stereocenters. The van der Waals surface area contributed by atoms with Crippen molar-refractivity contribution in [1.82, 2.24) is 0 Å². The first-order valence-electron chi connectivity index (χ1n) is 5.03. The zero-order valence-corrected chi connectivity index (χ0v) is 10.2. The van der Waals surface area contributed by atoms with E-state index in [9.17, 15) is 4.79 Å². The van der Waals surface area contributed by atoms with Crippen molar-refractivity contribution in [2.24, 2.45) is 0 Å². The molecule has 0 spiro atoms. The fraction of sp³-hybridized carbons (Fsp3) is 0.417. The molecule has 1 saturated carbocycles. The zero-order valence-electron chi connectivity index (χ0n) is 8.63. The minimum absolute atomic E-state index is 0.125. The highest BCUT2D eigenvalue weighted by atomic mass is 79.9. The van der Waals surface area contributed by atoms with Gasteiger partial charge in [0.25, 0.3) is 0 Å². The zero-order chi connectivity index (χ0) is 10.8. The van der Waals surface area contributed by atoms with Crippen molar-refractivity contribution in [3.63, 3.8) is 0 Å². The molecule has 1 aromatic rings. The summed E-state index contributed by atoms with van der Waals surface area (Å²) in [6.07, 6.45) is 2.42. The molecule has 0 unspecified atom stereocenters. The molecule has 0 N–H and O–H groups in total. The number of rotatable bonds is 4. The summed E-state index contributed by atoms with van der Waals surface area (Å²) in [5, 5.41) is 0.378. The molecular weight excluding hydrogens is 256 g/mol. The lowest BCUT2D eigenvalue weighted by Gasteiger charge is -2.08. The fourth-order valence-electron chi connectivity index (χ4n) is 1.70. The molecule has 80 valence electrons. The highest BCUT2D eigenvalue weighted by molar-refractivity contribution is 9.09. The van der Waals surface area contributed by atoms with Gasteiger partial charge in [-0.15, -0.1) is 0 Å². The summed E-state index contributed by atoms with van der Waals surface area (Å²) in [5.41, 5.74) is 1.96. The predicted octanol–water partition coefficient (Wildman–Crippen LogP) is 3.15. The van der Waals surface area contributed by atoms with Crippen LogP contribution in [0, 0.1) is 0 Å². The first-order chi connectivity index (χ1) is 7.26. The van der Waals surface area contributed by atoms with Crippen LogP contribution < -0.4 is 4.74 Å².